The third-order valence-corrected chi connectivity index (χ3v) is 4.25. The average molecular weight is 393 g/mol. The first-order valence-electron chi connectivity index (χ1n) is 8.46. The maximum atomic E-state index is 11.2. The first-order chi connectivity index (χ1) is 11.2. The van der Waals surface area contributed by atoms with Crippen molar-refractivity contribution in [2.45, 2.75) is 39.2 Å². The zero-order valence-electron chi connectivity index (χ0n) is 15.2. The van der Waals surface area contributed by atoms with Crippen LogP contribution in [0.25, 0.3) is 0 Å². The Kier molecular flexibility index (Phi) is 11.9. The van der Waals surface area contributed by atoms with Gasteiger partial charge in [0, 0.05) is 39.1 Å². The Morgan fingerprint density at radius 2 is 1.92 bits per heavy atom. The summed E-state index contributed by atoms with van der Waals surface area (Å²) < 4.78 is 10.6. The molecule has 1 atom stereocenters. The van der Waals surface area contributed by atoms with Gasteiger partial charge in [-0.25, -0.2) is 0 Å². The predicted octanol–water partition coefficient (Wildman–Crippen LogP) is 3.60. The third kappa shape index (κ3) is 7.02. The number of halogens is 2. The van der Waals surface area contributed by atoms with Gasteiger partial charge in [0.15, 0.2) is 11.5 Å². The molecular weight excluding hydrogens is 363 g/mol. The standard InChI is InChI=1S/C18H28N2O3.2ClH/c1-4-5-6-16(20-11-9-19-10-12-20)15-7-8-17(23-14(2)21)18(13-15)22-3;;/h7-8,13,16,19H,4-6,9-12H2,1-3H3;2*1H/t16-;;/m0../s1. The second kappa shape index (κ2) is 12.4. The van der Waals surface area contributed by atoms with E-state index in [2.05, 4.69) is 23.2 Å². The zero-order valence-corrected chi connectivity index (χ0v) is 16.9. The van der Waals surface area contributed by atoms with Gasteiger partial charge < -0.3 is 14.8 Å². The largest absolute Gasteiger partial charge is 0.493 e. The molecule has 2 rings (SSSR count). The van der Waals surface area contributed by atoms with Gasteiger partial charge in [0.25, 0.3) is 0 Å². The number of nitrogens with zero attached hydrogens (tertiary/aromatic N) is 1. The van der Waals surface area contributed by atoms with Crippen LogP contribution in [0.4, 0.5) is 0 Å². The van der Waals surface area contributed by atoms with E-state index in [0.717, 1.165) is 32.6 Å². The number of carbonyl (C=O) groups excluding carboxylic acids is 1. The van der Waals surface area contributed by atoms with Gasteiger partial charge in [-0.2, -0.15) is 0 Å². The van der Waals surface area contributed by atoms with Crippen molar-refractivity contribution in [3.63, 3.8) is 0 Å². The van der Waals surface area contributed by atoms with Crippen LogP contribution in [0.1, 0.15) is 44.7 Å². The summed E-state index contributed by atoms with van der Waals surface area (Å²) in [6.45, 7) is 7.80. The predicted molar refractivity (Wildman–Crippen MR) is 106 cm³/mol. The highest BCUT2D eigenvalue weighted by atomic mass is 35.5. The van der Waals surface area contributed by atoms with Crippen LogP contribution >= 0.6 is 24.8 Å². The number of hydrogen-bond acceptors (Lipinski definition) is 5. The molecule has 0 saturated carbocycles. The molecule has 1 fully saturated rings. The number of piperazine rings is 1. The maximum Gasteiger partial charge on any atom is 0.308 e. The molecule has 1 saturated heterocycles. The molecule has 0 unspecified atom stereocenters. The van der Waals surface area contributed by atoms with Gasteiger partial charge in [-0.1, -0.05) is 25.8 Å². The van der Waals surface area contributed by atoms with Gasteiger partial charge in [0.05, 0.1) is 7.11 Å². The Morgan fingerprint density at radius 1 is 1.24 bits per heavy atom. The van der Waals surface area contributed by atoms with Crippen molar-refractivity contribution in [2.24, 2.45) is 0 Å². The van der Waals surface area contributed by atoms with Crippen molar-refractivity contribution in [2.75, 3.05) is 33.3 Å². The molecule has 1 aromatic carbocycles. The molecule has 0 bridgehead atoms. The second-order valence-corrected chi connectivity index (χ2v) is 5.95. The number of unbranched alkanes of at least 4 members (excludes halogenated alkanes) is 1. The monoisotopic (exact) mass is 392 g/mol. The summed E-state index contributed by atoms with van der Waals surface area (Å²) in [7, 11) is 1.61. The summed E-state index contributed by atoms with van der Waals surface area (Å²) in [5.41, 5.74) is 1.23. The van der Waals surface area contributed by atoms with Crippen LogP contribution in [0.5, 0.6) is 11.5 Å². The van der Waals surface area contributed by atoms with E-state index >= 15 is 0 Å². The molecule has 1 heterocycles. The summed E-state index contributed by atoms with van der Waals surface area (Å²) in [6.07, 6.45) is 3.51. The topological polar surface area (TPSA) is 50.8 Å². The van der Waals surface area contributed by atoms with Crippen molar-refractivity contribution < 1.29 is 14.3 Å². The number of methoxy groups -OCH3 is 1. The van der Waals surface area contributed by atoms with Crippen LogP contribution in [0.2, 0.25) is 0 Å². The molecule has 1 aromatic rings. The average Bonchev–Trinajstić information content (AvgIpc) is 2.56. The number of hydrogen-bond donors (Lipinski definition) is 1. The van der Waals surface area contributed by atoms with Crippen molar-refractivity contribution in [1.82, 2.24) is 10.2 Å². The Labute approximate surface area is 163 Å². The molecule has 25 heavy (non-hydrogen) atoms. The minimum Gasteiger partial charge on any atom is -0.493 e. The first-order valence-corrected chi connectivity index (χ1v) is 8.46. The van der Waals surface area contributed by atoms with Gasteiger partial charge in [-0.3, -0.25) is 9.69 Å². The fourth-order valence-corrected chi connectivity index (χ4v) is 3.08. The van der Waals surface area contributed by atoms with E-state index in [4.69, 9.17) is 9.47 Å². The van der Waals surface area contributed by atoms with Gasteiger partial charge in [-0.05, 0) is 24.1 Å². The minimum absolute atomic E-state index is 0. The lowest BCUT2D eigenvalue weighted by molar-refractivity contribution is -0.132. The van der Waals surface area contributed by atoms with E-state index in [1.807, 2.05) is 12.1 Å². The van der Waals surface area contributed by atoms with Crippen LogP contribution in [0, 0.1) is 0 Å². The third-order valence-electron chi connectivity index (χ3n) is 4.25. The van der Waals surface area contributed by atoms with E-state index in [9.17, 15) is 4.79 Å². The number of benzene rings is 1. The van der Waals surface area contributed by atoms with E-state index < -0.39 is 0 Å². The molecule has 0 aliphatic carbocycles. The number of rotatable bonds is 7. The summed E-state index contributed by atoms with van der Waals surface area (Å²) in [4.78, 5) is 13.7. The van der Waals surface area contributed by atoms with E-state index in [0.29, 0.717) is 17.5 Å². The first kappa shape index (κ1) is 24.0. The molecule has 0 amide bonds. The van der Waals surface area contributed by atoms with Crippen molar-refractivity contribution >= 4 is 30.8 Å². The van der Waals surface area contributed by atoms with Gasteiger partial charge >= 0.3 is 5.97 Å². The number of esters is 1. The Balaban J connectivity index is 0.00000288. The lowest BCUT2D eigenvalue weighted by atomic mass is 9.98. The van der Waals surface area contributed by atoms with Crippen molar-refractivity contribution in [3.05, 3.63) is 23.8 Å². The van der Waals surface area contributed by atoms with E-state index in [1.165, 1.54) is 25.3 Å². The highest BCUT2D eigenvalue weighted by molar-refractivity contribution is 5.85. The lowest BCUT2D eigenvalue weighted by Gasteiger charge is -2.35. The quantitative estimate of drug-likeness (QED) is 0.567. The highest BCUT2D eigenvalue weighted by Crippen LogP contribution is 2.34. The molecule has 0 radical (unpaired) electrons. The molecule has 7 heteroatoms. The zero-order chi connectivity index (χ0) is 16.7. The van der Waals surface area contributed by atoms with Crippen LogP contribution in [0.15, 0.2) is 18.2 Å². The maximum absolute atomic E-state index is 11.2. The molecular formula is C18H30Cl2N2O3. The number of nitrogens with one attached hydrogen (secondary N) is 1. The highest BCUT2D eigenvalue weighted by Gasteiger charge is 2.23. The molecule has 0 spiro atoms. The molecule has 144 valence electrons. The smallest absolute Gasteiger partial charge is 0.308 e. The van der Waals surface area contributed by atoms with Crippen LogP contribution < -0.4 is 14.8 Å². The summed E-state index contributed by atoms with van der Waals surface area (Å²) >= 11 is 0. The normalized spacial score (nSPS) is 15.5. The van der Waals surface area contributed by atoms with Crippen molar-refractivity contribution in [1.29, 1.82) is 0 Å². The summed E-state index contributed by atoms with van der Waals surface area (Å²) in [6, 6.07) is 6.30. The SMILES string of the molecule is CCCC[C@@H](c1ccc(OC(C)=O)c(OC)c1)N1CCNCC1.Cl.Cl. The van der Waals surface area contributed by atoms with Crippen LogP contribution in [0.3, 0.4) is 0 Å². The molecule has 0 aromatic heterocycles. The van der Waals surface area contributed by atoms with Crippen LogP contribution in [-0.4, -0.2) is 44.2 Å². The van der Waals surface area contributed by atoms with Crippen molar-refractivity contribution in [3.8, 4) is 11.5 Å². The summed E-state index contributed by atoms with van der Waals surface area (Å²) in [5, 5.41) is 3.41. The Hall–Kier alpha value is -1.01. The van der Waals surface area contributed by atoms with Gasteiger partial charge in [0.2, 0.25) is 0 Å². The Morgan fingerprint density at radius 3 is 2.48 bits per heavy atom. The fraction of sp³-hybridized carbons (Fsp3) is 0.611. The fourth-order valence-electron chi connectivity index (χ4n) is 3.08. The Bertz CT molecular complexity index is 523. The van der Waals surface area contributed by atoms with Gasteiger partial charge in [0.1, 0.15) is 0 Å². The van der Waals surface area contributed by atoms with E-state index in [-0.39, 0.29) is 30.8 Å². The number of carbonyl (C=O) groups is 1. The lowest BCUT2D eigenvalue weighted by Crippen LogP contribution is -2.45. The van der Waals surface area contributed by atoms with Gasteiger partial charge in [-0.15, -0.1) is 24.8 Å². The molecule has 1 N–H and O–H groups in total. The number of ether oxygens (including phenoxy) is 2. The molecule has 1 aliphatic heterocycles. The molecule has 1 aliphatic rings. The van der Waals surface area contributed by atoms with Crippen LogP contribution in [-0.2, 0) is 4.79 Å². The van der Waals surface area contributed by atoms with E-state index in [1.54, 1.807) is 7.11 Å². The minimum atomic E-state index is -0.333. The second-order valence-electron chi connectivity index (χ2n) is 5.95. The molecule has 5 nitrogen and oxygen atoms in total. The summed E-state index contributed by atoms with van der Waals surface area (Å²) in [5.74, 6) is 0.772.